The van der Waals surface area contributed by atoms with Gasteiger partial charge in [-0.1, -0.05) is 11.6 Å². The summed E-state index contributed by atoms with van der Waals surface area (Å²) >= 11 is 5.85. The van der Waals surface area contributed by atoms with Crippen molar-refractivity contribution in [3.8, 4) is 11.6 Å². The van der Waals surface area contributed by atoms with Crippen molar-refractivity contribution in [2.75, 3.05) is 12.3 Å². The lowest BCUT2D eigenvalue weighted by Gasteiger charge is -2.09. The first-order valence-corrected chi connectivity index (χ1v) is 6.44. The van der Waals surface area contributed by atoms with Gasteiger partial charge in [0.1, 0.15) is 11.6 Å². The van der Waals surface area contributed by atoms with E-state index in [9.17, 15) is 9.18 Å². The fourth-order valence-corrected chi connectivity index (χ4v) is 1.76. The Hall–Kier alpha value is -2.34. The average molecular weight is 311 g/mol. The zero-order chi connectivity index (χ0) is 15.4. The van der Waals surface area contributed by atoms with Crippen molar-refractivity contribution in [2.45, 2.75) is 6.92 Å². The number of carbonyl (C=O) groups excluding carboxylic acids is 1. The maximum Gasteiger partial charge on any atom is 0.340 e. The predicted molar refractivity (Wildman–Crippen MR) is 76.1 cm³/mol. The maximum atomic E-state index is 13.0. The molecule has 2 rings (SSSR count). The van der Waals surface area contributed by atoms with Crippen molar-refractivity contribution in [2.24, 2.45) is 0 Å². The molecule has 0 aliphatic rings. The van der Waals surface area contributed by atoms with Crippen LogP contribution in [-0.2, 0) is 4.74 Å². The van der Waals surface area contributed by atoms with Gasteiger partial charge in [-0.3, -0.25) is 0 Å². The predicted octanol–water partition coefficient (Wildman–Crippen LogP) is 3.43. The van der Waals surface area contributed by atoms with Crippen LogP contribution in [0.5, 0.6) is 11.6 Å². The summed E-state index contributed by atoms with van der Waals surface area (Å²) in [6.07, 6.45) is 1.28. The van der Waals surface area contributed by atoms with Gasteiger partial charge in [0.2, 0.25) is 5.88 Å². The van der Waals surface area contributed by atoms with Crippen LogP contribution in [0.2, 0.25) is 5.02 Å². The number of benzene rings is 1. The number of anilines is 1. The van der Waals surface area contributed by atoms with Gasteiger partial charge in [0.05, 0.1) is 29.1 Å². The lowest BCUT2D eigenvalue weighted by Crippen LogP contribution is -2.08. The number of nitrogen functional groups attached to an aromatic ring is 1. The quantitative estimate of drug-likeness (QED) is 0.876. The summed E-state index contributed by atoms with van der Waals surface area (Å²) < 4.78 is 23.3. The Morgan fingerprint density at radius 3 is 2.86 bits per heavy atom. The second kappa shape index (κ2) is 6.41. The Kier molecular flexibility index (Phi) is 4.59. The van der Waals surface area contributed by atoms with E-state index in [1.54, 1.807) is 6.92 Å². The number of aromatic nitrogens is 1. The molecule has 0 bridgehead atoms. The minimum atomic E-state index is -0.576. The number of ether oxygens (including phenoxy) is 2. The summed E-state index contributed by atoms with van der Waals surface area (Å²) in [6.45, 7) is 1.91. The zero-order valence-electron chi connectivity index (χ0n) is 11.1. The number of esters is 1. The number of pyridine rings is 1. The van der Waals surface area contributed by atoms with Gasteiger partial charge in [-0.2, -0.15) is 0 Å². The molecule has 2 aromatic rings. The van der Waals surface area contributed by atoms with E-state index >= 15 is 0 Å². The van der Waals surface area contributed by atoms with Crippen LogP contribution in [0.25, 0.3) is 0 Å². The molecule has 2 N–H and O–H groups in total. The van der Waals surface area contributed by atoms with Crippen LogP contribution in [0.15, 0.2) is 30.5 Å². The van der Waals surface area contributed by atoms with E-state index in [0.717, 1.165) is 6.07 Å². The van der Waals surface area contributed by atoms with Crippen LogP contribution in [0.1, 0.15) is 17.3 Å². The third-order valence-corrected chi connectivity index (χ3v) is 2.81. The molecule has 21 heavy (non-hydrogen) atoms. The normalized spacial score (nSPS) is 10.2. The smallest absolute Gasteiger partial charge is 0.340 e. The van der Waals surface area contributed by atoms with Gasteiger partial charge in [-0.25, -0.2) is 14.2 Å². The Labute approximate surface area is 125 Å². The van der Waals surface area contributed by atoms with E-state index < -0.39 is 11.8 Å². The standard InChI is InChI=1S/C14H12ClFN2O3/c1-2-20-14(19)9-6-13(18-7-11(9)17)21-12-4-3-8(16)5-10(12)15/h3-7H,2,17H2,1H3. The fraction of sp³-hybridized carbons (Fsp3) is 0.143. The molecule has 5 nitrogen and oxygen atoms in total. The summed E-state index contributed by atoms with van der Waals surface area (Å²) in [4.78, 5) is 15.7. The van der Waals surface area contributed by atoms with Crippen LogP contribution in [0, 0.1) is 5.82 Å². The van der Waals surface area contributed by atoms with E-state index in [1.807, 2.05) is 0 Å². The highest BCUT2D eigenvalue weighted by Crippen LogP contribution is 2.30. The Bertz CT molecular complexity index is 679. The monoisotopic (exact) mass is 310 g/mol. The van der Waals surface area contributed by atoms with Crippen molar-refractivity contribution in [1.82, 2.24) is 4.98 Å². The lowest BCUT2D eigenvalue weighted by molar-refractivity contribution is 0.0527. The summed E-state index contributed by atoms with van der Waals surface area (Å²) in [5.41, 5.74) is 5.98. The zero-order valence-corrected chi connectivity index (χ0v) is 11.9. The summed E-state index contributed by atoms with van der Waals surface area (Å²) in [6, 6.07) is 5.01. The first kappa shape index (κ1) is 15.1. The van der Waals surface area contributed by atoms with Crippen molar-refractivity contribution < 1.29 is 18.7 Å². The third-order valence-electron chi connectivity index (χ3n) is 2.51. The van der Waals surface area contributed by atoms with Crippen molar-refractivity contribution in [3.63, 3.8) is 0 Å². The van der Waals surface area contributed by atoms with Gasteiger partial charge in [0, 0.05) is 6.07 Å². The minimum absolute atomic E-state index is 0.0892. The lowest BCUT2D eigenvalue weighted by atomic mass is 10.2. The van der Waals surface area contributed by atoms with Gasteiger partial charge in [0.25, 0.3) is 0 Å². The minimum Gasteiger partial charge on any atom is -0.462 e. The maximum absolute atomic E-state index is 13.0. The van der Waals surface area contributed by atoms with Gasteiger partial charge >= 0.3 is 5.97 Å². The first-order chi connectivity index (χ1) is 10.0. The van der Waals surface area contributed by atoms with Gasteiger partial charge in [-0.05, 0) is 25.1 Å². The summed E-state index contributed by atoms with van der Waals surface area (Å²) in [7, 11) is 0. The Morgan fingerprint density at radius 2 is 2.19 bits per heavy atom. The molecule has 0 radical (unpaired) electrons. The van der Waals surface area contributed by atoms with Gasteiger partial charge in [0.15, 0.2) is 0 Å². The number of hydrogen-bond donors (Lipinski definition) is 1. The molecule has 7 heteroatoms. The van der Waals surface area contributed by atoms with Crippen molar-refractivity contribution in [1.29, 1.82) is 0 Å². The van der Waals surface area contributed by atoms with Crippen LogP contribution in [-0.4, -0.2) is 17.6 Å². The topological polar surface area (TPSA) is 74.4 Å². The molecular weight excluding hydrogens is 299 g/mol. The Morgan fingerprint density at radius 1 is 1.43 bits per heavy atom. The molecule has 0 atom stereocenters. The van der Waals surface area contributed by atoms with Gasteiger partial charge < -0.3 is 15.2 Å². The molecule has 0 aliphatic carbocycles. The first-order valence-electron chi connectivity index (χ1n) is 6.06. The van der Waals surface area contributed by atoms with Crippen LogP contribution in [0.4, 0.5) is 10.1 Å². The summed E-state index contributed by atoms with van der Waals surface area (Å²) in [5.74, 6) is -0.747. The molecule has 0 spiro atoms. The van der Waals surface area contributed by atoms with Gasteiger partial charge in [-0.15, -0.1) is 0 Å². The highest BCUT2D eigenvalue weighted by molar-refractivity contribution is 6.32. The average Bonchev–Trinajstić information content (AvgIpc) is 2.44. The molecular formula is C14H12ClFN2O3. The van der Waals surface area contributed by atoms with Crippen molar-refractivity contribution in [3.05, 3.63) is 46.9 Å². The SMILES string of the molecule is CCOC(=O)c1cc(Oc2ccc(F)cc2Cl)ncc1N. The van der Waals surface area contributed by atoms with E-state index in [-0.39, 0.29) is 34.5 Å². The van der Waals surface area contributed by atoms with Crippen LogP contribution in [0.3, 0.4) is 0 Å². The molecule has 0 amide bonds. The number of hydrogen-bond acceptors (Lipinski definition) is 5. The number of nitrogens with zero attached hydrogens (tertiary/aromatic N) is 1. The fourth-order valence-electron chi connectivity index (χ4n) is 1.56. The van der Waals surface area contributed by atoms with E-state index in [0.29, 0.717) is 0 Å². The number of nitrogens with two attached hydrogens (primary N) is 1. The number of carbonyl (C=O) groups is 1. The summed E-state index contributed by atoms with van der Waals surface area (Å²) in [5, 5.41) is 0.0892. The highest BCUT2D eigenvalue weighted by Gasteiger charge is 2.14. The van der Waals surface area contributed by atoms with Crippen molar-refractivity contribution >= 4 is 23.3 Å². The molecule has 0 unspecified atom stereocenters. The second-order valence-corrected chi connectivity index (χ2v) is 4.41. The molecule has 0 aliphatic heterocycles. The molecule has 0 saturated carbocycles. The Balaban J connectivity index is 2.28. The van der Waals surface area contributed by atoms with E-state index in [2.05, 4.69) is 4.98 Å². The van der Waals surface area contributed by atoms with Crippen LogP contribution < -0.4 is 10.5 Å². The molecule has 110 valence electrons. The van der Waals surface area contributed by atoms with E-state index in [1.165, 1.54) is 24.4 Å². The molecule has 1 aromatic heterocycles. The highest BCUT2D eigenvalue weighted by atomic mass is 35.5. The van der Waals surface area contributed by atoms with E-state index in [4.69, 9.17) is 26.8 Å². The van der Waals surface area contributed by atoms with Crippen LogP contribution >= 0.6 is 11.6 Å². The number of rotatable bonds is 4. The number of halogens is 2. The molecule has 1 aromatic carbocycles. The molecule has 0 saturated heterocycles. The third kappa shape index (κ3) is 3.61. The second-order valence-electron chi connectivity index (χ2n) is 4.01. The molecule has 1 heterocycles. The largest absolute Gasteiger partial charge is 0.462 e. The molecule has 0 fully saturated rings.